The van der Waals surface area contributed by atoms with Crippen molar-refractivity contribution >= 4 is 39.0 Å². The molecule has 0 saturated heterocycles. The first kappa shape index (κ1) is 11.2. The van der Waals surface area contributed by atoms with Gasteiger partial charge in [-0.1, -0.05) is 45.9 Å². The predicted molar refractivity (Wildman–Crippen MR) is 70.6 cm³/mol. The summed E-state index contributed by atoms with van der Waals surface area (Å²) in [5.74, 6) is 0.967. The fourth-order valence-corrected chi connectivity index (χ4v) is 3.62. The highest BCUT2D eigenvalue weighted by Crippen LogP contribution is 2.28. The Balaban J connectivity index is 2.02. The fraction of sp³-hybridized carbons (Fsp3) is 0.182. The van der Waals surface area contributed by atoms with E-state index in [0.29, 0.717) is 0 Å². The summed E-state index contributed by atoms with van der Waals surface area (Å²) in [6.07, 6.45) is 0. The highest BCUT2D eigenvalue weighted by molar-refractivity contribution is 9.10. The van der Waals surface area contributed by atoms with Gasteiger partial charge in [-0.3, -0.25) is 0 Å². The fourth-order valence-electron chi connectivity index (χ4n) is 1.15. The molecule has 0 saturated carbocycles. The maximum atomic E-state index is 4.42. The van der Waals surface area contributed by atoms with Gasteiger partial charge in [-0.15, -0.1) is 11.3 Å². The van der Waals surface area contributed by atoms with E-state index in [-0.39, 0.29) is 0 Å². The normalized spacial score (nSPS) is 10.5. The molecular formula is C11H10BrNS2. The van der Waals surface area contributed by atoms with Gasteiger partial charge in [0.1, 0.15) is 4.34 Å². The molecule has 0 aliphatic carbocycles. The molecule has 0 fully saturated rings. The van der Waals surface area contributed by atoms with Crippen molar-refractivity contribution in [2.45, 2.75) is 17.0 Å². The minimum atomic E-state index is 0.967. The summed E-state index contributed by atoms with van der Waals surface area (Å²) in [6.45, 7) is 2.03. The molecule has 4 heteroatoms. The lowest BCUT2D eigenvalue weighted by Gasteiger charge is -2.01. The molecule has 0 aliphatic heterocycles. The molecule has 0 bridgehead atoms. The van der Waals surface area contributed by atoms with Gasteiger partial charge in [-0.2, -0.15) is 0 Å². The average molecular weight is 300 g/mol. The van der Waals surface area contributed by atoms with E-state index in [0.717, 1.165) is 15.8 Å². The largest absolute Gasteiger partial charge is 0.235 e. The highest BCUT2D eigenvalue weighted by Gasteiger charge is 2.02. The molecule has 15 heavy (non-hydrogen) atoms. The second-order valence-electron chi connectivity index (χ2n) is 3.13. The van der Waals surface area contributed by atoms with Crippen LogP contribution in [0.3, 0.4) is 0 Å². The summed E-state index contributed by atoms with van der Waals surface area (Å²) in [6, 6.07) is 8.31. The first-order valence-electron chi connectivity index (χ1n) is 4.54. The lowest BCUT2D eigenvalue weighted by molar-refractivity contribution is 1.16. The number of aromatic nitrogens is 1. The van der Waals surface area contributed by atoms with E-state index in [9.17, 15) is 0 Å². The Morgan fingerprint density at radius 1 is 1.40 bits per heavy atom. The molecule has 78 valence electrons. The quantitative estimate of drug-likeness (QED) is 0.774. The number of hydrogen-bond acceptors (Lipinski definition) is 3. The van der Waals surface area contributed by atoms with E-state index in [1.54, 1.807) is 23.1 Å². The summed E-state index contributed by atoms with van der Waals surface area (Å²) in [5.41, 5.74) is 2.42. The first-order valence-corrected chi connectivity index (χ1v) is 7.20. The molecule has 1 aromatic carbocycles. The van der Waals surface area contributed by atoms with Crippen LogP contribution in [0.15, 0.2) is 38.5 Å². The van der Waals surface area contributed by atoms with Gasteiger partial charge in [0.05, 0.1) is 0 Å². The number of thioether (sulfide) groups is 1. The first-order chi connectivity index (χ1) is 7.25. The van der Waals surface area contributed by atoms with Crippen molar-refractivity contribution < 1.29 is 0 Å². The van der Waals surface area contributed by atoms with Gasteiger partial charge < -0.3 is 0 Å². The van der Waals surface area contributed by atoms with Gasteiger partial charge in [-0.25, -0.2) is 4.98 Å². The molecular weight excluding hydrogens is 290 g/mol. The zero-order chi connectivity index (χ0) is 10.7. The average Bonchev–Trinajstić information content (AvgIpc) is 2.63. The summed E-state index contributed by atoms with van der Waals surface area (Å²) >= 11 is 7.04. The third kappa shape index (κ3) is 3.06. The van der Waals surface area contributed by atoms with Crippen LogP contribution in [0.5, 0.6) is 0 Å². The second kappa shape index (κ2) is 5.14. The number of benzene rings is 1. The van der Waals surface area contributed by atoms with E-state index < -0.39 is 0 Å². The summed E-state index contributed by atoms with van der Waals surface area (Å²) < 4.78 is 2.31. The van der Waals surface area contributed by atoms with Crippen molar-refractivity contribution in [3.63, 3.8) is 0 Å². The number of thiazole rings is 1. The van der Waals surface area contributed by atoms with Crippen LogP contribution >= 0.6 is 39.0 Å². The zero-order valence-corrected chi connectivity index (χ0v) is 11.5. The number of halogens is 1. The summed E-state index contributed by atoms with van der Waals surface area (Å²) in [5, 5.41) is 2.09. The summed E-state index contributed by atoms with van der Waals surface area (Å²) in [4.78, 5) is 4.42. The maximum Gasteiger partial charge on any atom is 0.150 e. The van der Waals surface area contributed by atoms with Gasteiger partial charge in [0.25, 0.3) is 0 Å². The van der Waals surface area contributed by atoms with Crippen molar-refractivity contribution in [2.24, 2.45) is 0 Å². The van der Waals surface area contributed by atoms with E-state index in [2.05, 4.69) is 44.5 Å². The number of nitrogens with zero attached hydrogens (tertiary/aromatic N) is 1. The van der Waals surface area contributed by atoms with Crippen molar-refractivity contribution in [3.05, 3.63) is 45.4 Å². The standard InChI is InChI=1S/C11H10BrNS2/c1-8-6-14-11(13-8)15-7-9-4-2-3-5-10(9)12/h2-6H,7H2,1H3. The molecule has 2 aromatic rings. The molecule has 0 aliphatic rings. The van der Waals surface area contributed by atoms with Crippen LogP contribution in [-0.4, -0.2) is 4.98 Å². The van der Waals surface area contributed by atoms with Crippen LogP contribution in [-0.2, 0) is 5.75 Å². The van der Waals surface area contributed by atoms with Crippen LogP contribution in [0.4, 0.5) is 0 Å². The lowest BCUT2D eigenvalue weighted by atomic mass is 10.2. The van der Waals surface area contributed by atoms with Crippen LogP contribution in [0, 0.1) is 6.92 Å². The Morgan fingerprint density at radius 3 is 2.87 bits per heavy atom. The molecule has 1 heterocycles. The molecule has 0 atom stereocenters. The van der Waals surface area contributed by atoms with Crippen LogP contribution in [0.1, 0.15) is 11.3 Å². The Labute approximate surface area is 106 Å². The second-order valence-corrected chi connectivity index (χ2v) is 6.07. The van der Waals surface area contributed by atoms with Crippen molar-refractivity contribution in [3.8, 4) is 0 Å². The third-order valence-electron chi connectivity index (χ3n) is 1.91. The molecule has 0 radical (unpaired) electrons. The van der Waals surface area contributed by atoms with Crippen LogP contribution in [0.25, 0.3) is 0 Å². The topological polar surface area (TPSA) is 12.9 Å². The Hall–Kier alpha value is -0.320. The van der Waals surface area contributed by atoms with Crippen LogP contribution < -0.4 is 0 Å². The molecule has 0 unspecified atom stereocenters. The van der Waals surface area contributed by atoms with E-state index in [4.69, 9.17) is 0 Å². The van der Waals surface area contributed by atoms with Crippen molar-refractivity contribution in [1.82, 2.24) is 4.98 Å². The molecule has 0 spiro atoms. The Bertz CT molecular complexity index is 453. The van der Waals surface area contributed by atoms with Gasteiger partial charge >= 0.3 is 0 Å². The van der Waals surface area contributed by atoms with Crippen molar-refractivity contribution in [2.75, 3.05) is 0 Å². The summed E-state index contributed by atoms with van der Waals surface area (Å²) in [7, 11) is 0. The zero-order valence-electron chi connectivity index (χ0n) is 8.24. The predicted octanol–water partition coefficient (Wildman–Crippen LogP) is 4.51. The minimum Gasteiger partial charge on any atom is -0.235 e. The van der Waals surface area contributed by atoms with Gasteiger partial charge in [0.15, 0.2) is 0 Å². The molecule has 2 rings (SSSR count). The third-order valence-corrected chi connectivity index (χ3v) is 4.87. The van der Waals surface area contributed by atoms with E-state index in [1.807, 2.05) is 13.0 Å². The number of rotatable bonds is 3. The Morgan fingerprint density at radius 2 is 2.20 bits per heavy atom. The van der Waals surface area contributed by atoms with E-state index in [1.165, 1.54) is 10.0 Å². The monoisotopic (exact) mass is 299 g/mol. The molecule has 1 aromatic heterocycles. The maximum absolute atomic E-state index is 4.42. The van der Waals surface area contributed by atoms with Gasteiger partial charge in [0.2, 0.25) is 0 Å². The lowest BCUT2D eigenvalue weighted by Crippen LogP contribution is -1.81. The van der Waals surface area contributed by atoms with Gasteiger partial charge in [-0.05, 0) is 18.6 Å². The molecule has 0 amide bonds. The van der Waals surface area contributed by atoms with E-state index >= 15 is 0 Å². The number of aryl methyl sites for hydroxylation is 1. The molecule has 1 nitrogen and oxygen atoms in total. The smallest absolute Gasteiger partial charge is 0.150 e. The van der Waals surface area contributed by atoms with Crippen molar-refractivity contribution in [1.29, 1.82) is 0 Å². The molecule has 0 N–H and O–H groups in total. The minimum absolute atomic E-state index is 0.967. The number of hydrogen-bond donors (Lipinski definition) is 0. The highest BCUT2D eigenvalue weighted by atomic mass is 79.9. The Kier molecular flexibility index (Phi) is 3.83. The SMILES string of the molecule is Cc1csc(SCc2ccccc2Br)n1. The van der Waals surface area contributed by atoms with Gasteiger partial charge in [0, 0.05) is 21.3 Å². The van der Waals surface area contributed by atoms with Crippen LogP contribution in [0.2, 0.25) is 0 Å².